The summed E-state index contributed by atoms with van der Waals surface area (Å²) in [4.78, 5) is 23.9. The van der Waals surface area contributed by atoms with Crippen LogP contribution in [0, 0.1) is 10.8 Å². The molecule has 0 saturated carbocycles. The summed E-state index contributed by atoms with van der Waals surface area (Å²) in [5.41, 5.74) is 0.778. The van der Waals surface area contributed by atoms with Crippen molar-refractivity contribution in [3.8, 4) is 0 Å². The maximum atomic E-state index is 12.3. The molecule has 0 aromatic heterocycles. The number of carbonyl (C=O) groups is 2. The molecule has 0 bridgehead atoms. The molecule has 1 rings (SSSR count). The van der Waals surface area contributed by atoms with Gasteiger partial charge in [0.15, 0.2) is 0 Å². The molecule has 0 radical (unpaired) electrons. The predicted octanol–water partition coefficient (Wildman–Crippen LogP) is 2.57. The second-order valence-corrected chi connectivity index (χ2v) is 6.21. The Balaban J connectivity index is 2.78. The van der Waals surface area contributed by atoms with Gasteiger partial charge in [-0.3, -0.25) is 14.8 Å². The van der Waals surface area contributed by atoms with Crippen LogP contribution in [0.5, 0.6) is 0 Å². The lowest BCUT2D eigenvalue weighted by Gasteiger charge is -2.32. The monoisotopic (exact) mass is 278 g/mol. The Morgan fingerprint density at radius 1 is 1.00 bits per heavy atom. The van der Waals surface area contributed by atoms with Crippen LogP contribution >= 0.6 is 0 Å². The van der Waals surface area contributed by atoms with Gasteiger partial charge in [-0.25, -0.2) is 5.48 Å². The van der Waals surface area contributed by atoms with Crippen LogP contribution in [0.3, 0.4) is 0 Å². The SMILES string of the molecule is CC(C)(CC(C)(C)C(=O)Nc1ccccc1)C(=O)NO. The summed E-state index contributed by atoms with van der Waals surface area (Å²) in [6.07, 6.45) is 0.311. The van der Waals surface area contributed by atoms with Gasteiger partial charge in [0.1, 0.15) is 0 Å². The highest BCUT2D eigenvalue weighted by Crippen LogP contribution is 2.34. The van der Waals surface area contributed by atoms with Gasteiger partial charge in [-0.15, -0.1) is 0 Å². The minimum atomic E-state index is -0.841. The number of anilines is 1. The fourth-order valence-corrected chi connectivity index (χ4v) is 2.24. The van der Waals surface area contributed by atoms with Crippen molar-refractivity contribution < 1.29 is 14.8 Å². The van der Waals surface area contributed by atoms with E-state index in [1.165, 1.54) is 0 Å². The Morgan fingerprint density at radius 3 is 2.00 bits per heavy atom. The van der Waals surface area contributed by atoms with Crippen molar-refractivity contribution in [2.24, 2.45) is 10.8 Å². The number of benzene rings is 1. The largest absolute Gasteiger partial charge is 0.326 e. The van der Waals surface area contributed by atoms with Gasteiger partial charge < -0.3 is 5.32 Å². The van der Waals surface area contributed by atoms with E-state index in [1.807, 2.05) is 18.2 Å². The fourth-order valence-electron chi connectivity index (χ4n) is 2.24. The summed E-state index contributed by atoms with van der Waals surface area (Å²) < 4.78 is 0. The molecular formula is C15H22N2O3. The van der Waals surface area contributed by atoms with Crippen molar-refractivity contribution in [3.63, 3.8) is 0 Å². The van der Waals surface area contributed by atoms with Crippen LogP contribution in [-0.2, 0) is 9.59 Å². The first-order valence-electron chi connectivity index (χ1n) is 6.50. The lowest BCUT2D eigenvalue weighted by Crippen LogP contribution is -2.42. The first kappa shape index (κ1) is 16.2. The quantitative estimate of drug-likeness (QED) is 0.572. The zero-order valence-corrected chi connectivity index (χ0v) is 12.4. The molecule has 0 saturated heterocycles. The second kappa shape index (κ2) is 6.05. The van der Waals surface area contributed by atoms with Gasteiger partial charge in [-0.1, -0.05) is 45.9 Å². The minimum absolute atomic E-state index is 0.164. The normalized spacial score (nSPS) is 11.8. The summed E-state index contributed by atoms with van der Waals surface area (Å²) >= 11 is 0. The Hall–Kier alpha value is -1.88. The molecule has 1 aromatic rings. The summed E-state index contributed by atoms with van der Waals surface area (Å²) in [5, 5.41) is 11.6. The van der Waals surface area contributed by atoms with E-state index in [-0.39, 0.29) is 5.91 Å². The van der Waals surface area contributed by atoms with Crippen LogP contribution in [0.25, 0.3) is 0 Å². The van der Waals surface area contributed by atoms with E-state index in [0.29, 0.717) is 6.42 Å². The van der Waals surface area contributed by atoms with Crippen molar-refractivity contribution >= 4 is 17.5 Å². The van der Waals surface area contributed by atoms with Crippen molar-refractivity contribution in [1.82, 2.24) is 5.48 Å². The average molecular weight is 278 g/mol. The van der Waals surface area contributed by atoms with Crippen LogP contribution in [0.2, 0.25) is 0 Å². The number of amides is 2. The molecule has 1 aromatic carbocycles. The molecule has 2 amide bonds. The van der Waals surface area contributed by atoms with Crippen LogP contribution in [0.1, 0.15) is 34.1 Å². The van der Waals surface area contributed by atoms with Gasteiger partial charge in [0.05, 0.1) is 0 Å². The van der Waals surface area contributed by atoms with Gasteiger partial charge >= 0.3 is 0 Å². The highest BCUT2D eigenvalue weighted by molar-refractivity contribution is 5.95. The van der Waals surface area contributed by atoms with Gasteiger partial charge in [0, 0.05) is 16.5 Å². The molecule has 0 unspecified atom stereocenters. The van der Waals surface area contributed by atoms with E-state index in [0.717, 1.165) is 5.69 Å². The summed E-state index contributed by atoms with van der Waals surface area (Å²) in [6, 6.07) is 9.16. The summed E-state index contributed by atoms with van der Waals surface area (Å²) in [6.45, 7) is 6.93. The standard InChI is InChI=1S/C15H22N2O3/c1-14(2,10-15(3,4)13(19)17-20)12(18)16-11-8-6-5-7-9-11/h5-9,20H,10H2,1-4H3,(H,16,18)(H,17,19). The van der Waals surface area contributed by atoms with Crippen molar-refractivity contribution in [2.45, 2.75) is 34.1 Å². The van der Waals surface area contributed by atoms with Crippen LogP contribution in [0.4, 0.5) is 5.69 Å². The van der Waals surface area contributed by atoms with E-state index in [2.05, 4.69) is 5.32 Å². The molecule has 0 atom stereocenters. The maximum absolute atomic E-state index is 12.3. The van der Waals surface area contributed by atoms with Crippen LogP contribution < -0.4 is 10.8 Å². The zero-order valence-electron chi connectivity index (χ0n) is 12.4. The van der Waals surface area contributed by atoms with Gasteiger partial charge in [-0.2, -0.15) is 0 Å². The summed E-state index contributed by atoms with van der Waals surface area (Å²) in [7, 11) is 0. The van der Waals surface area contributed by atoms with E-state index >= 15 is 0 Å². The molecule has 0 aliphatic rings. The molecule has 0 aliphatic carbocycles. The van der Waals surface area contributed by atoms with Crippen LogP contribution in [-0.4, -0.2) is 17.0 Å². The highest BCUT2D eigenvalue weighted by atomic mass is 16.5. The summed E-state index contributed by atoms with van der Waals surface area (Å²) in [5.74, 6) is -0.666. The third kappa shape index (κ3) is 4.06. The second-order valence-electron chi connectivity index (χ2n) is 6.21. The fraction of sp³-hybridized carbons (Fsp3) is 0.467. The third-order valence-electron chi connectivity index (χ3n) is 3.25. The molecule has 0 fully saturated rings. The predicted molar refractivity (Wildman–Crippen MR) is 77.2 cm³/mol. The molecule has 3 N–H and O–H groups in total. The van der Waals surface area contributed by atoms with Crippen molar-refractivity contribution in [2.75, 3.05) is 5.32 Å². The molecule has 0 aliphatic heterocycles. The zero-order chi connectivity index (χ0) is 15.4. The number of hydrogen-bond donors (Lipinski definition) is 3. The minimum Gasteiger partial charge on any atom is -0.326 e. The Morgan fingerprint density at radius 2 is 1.50 bits per heavy atom. The molecule has 0 spiro atoms. The molecule has 5 nitrogen and oxygen atoms in total. The van der Waals surface area contributed by atoms with Crippen LogP contribution in [0.15, 0.2) is 30.3 Å². The molecule has 0 heterocycles. The first-order chi connectivity index (χ1) is 9.19. The lowest BCUT2D eigenvalue weighted by atomic mass is 9.74. The number of para-hydroxylation sites is 1. The van der Waals surface area contributed by atoms with E-state index in [9.17, 15) is 9.59 Å². The van der Waals surface area contributed by atoms with E-state index in [4.69, 9.17) is 5.21 Å². The number of rotatable bonds is 5. The van der Waals surface area contributed by atoms with Gasteiger partial charge in [-0.05, 0) is 18.6 Å². The van der Waals surface area contributed by atoms with Gasteiger partial charge in [0.2, 0.25) is 11.8 Å². The number of carbonyl (C=O) groups excluding carboxylic acids is 2. The Labute approximate surface area is 119 Å². The van der Waals surface area contributed by atoms with E-state index in [1.54, 1.807) is 45.3 Å². The molecule has 20 heavy (non-hydrogen) atoms. The number of nitrogens with one attached hydrogen (secondary N) is 2. The van der Waals surface area contributed by atoms with Crippen molar-refractivity contribution in [3.05, 3.63) is 30.3 Å². The first-order valence-corrected chi connectivity index (χ1v) is 6.50. The highest BCUT2D eigenvalue weighted by Gasteiger charge is 2.38. The lowest BCUT2D eigenvalue weighted by molar-refractivity contribution is -0.141. The third-order valence-corrected chi connectivity index (χ3v) is 3.25. The smallest absolute Gasteiger partial charge is 0.249 e. The van der Waals surface area contributed by atoms with E-state index < -0.39 is 16.7 Å². The number of hydroxylamine groups is 1. The molecule has 5 heteroatoms. The maximum Gasteiger partial charge on any atom is 0.249 e. The molecular weight excluding hydrogens is 256 g/mol. The average Bonchev–Trinajstić information content (AvgIpc) is 2.37. The van der Waals surface area contributed by atoms with Gasteiger partial charge in [0.25, 0.3) is 0 Å². The Kier molecular flexibility index (Phi) is 4.89. The number of hydrogen-bond acceptors (Lipinski definition) is 3. The van der Waals surface area contributed by atoms with Crippen molar-refractivity contribution in [1.29, 1.82) is 0 Å². The topological polar surface area (TPSA) is 78.4 Å². The Bertz CT molecular complexity index is 481. The molecule has 110 valence electrons.